The molecule has 0 saturated carbocycles. The number of hydrogen-bond acceptors (Lipinski definition) is 7. The van der Waals surface area contributed by atoms with E-state index in [9.17, 15) is 24.3 Å². The number of rotatable bonds is 13. The van der Waals surface area contributed by atoms with E-state index in [2.05, 4.69) is 21.2 Å². The van der Waals surface area contributed by atoms with E-state index in [1.165, 1.54) is 17.0 Å². The van der Waals surface area contributed by atoms with Crippen LogP contribution < -0.4 is 22.5 Å². The third-order valence-electron chi connectivity index (χ3n) is 5.66. The lowest BCUT2D eigenvalue weighted by atomic mass is 9.98. The average molecular weight is 562 g/mol. The lowest BCUT2D eigenvalue weighted by Gasteiger charge is -2.29. The largest absolute Gasteiger partial charge is 0.508 e. The van der Waals surface area contributed by atoms with Crippen LogP contribution in [0.2, 0.25) is 0 Å². The summed E-state index contributed by atoms with van der Waals surface area (Å²) in [6, 6.07) is 10.6. The van der Waals surface area contributed by atoms with Crippen LogP contribution in [0.25, 0.3) is 0 Å². The first-order chi connectivity index (χ1) is 17.0. The van der Waals surface area contributed by atoms with Gasteiger partial charge in [-0.1, -0.05) is 40.2 Å². The molecule has 10 nitrogen and oxygen atoms in total. The summed E-state index contributed by atoms with van der Waals surface area (Å²) in [6.07, 6.45) is 0.142. The number of primary amides is 1. The molecule has 8 N–H and O–H groups in total. The Kier molecular flexibility index (Phi) is 11.0. The minimum atomic E-state index is -1.19. The van der Waals surface area contributed by atoms with Crippen LogP contribution in [0.3, 0.4) is 0 Å². The molecular formula is C25H32BrN5O5. The zero-order valence-corrected chi connectivity index (χ0v) is 21.6. The second-order valence-electron chi connectivity index (χ2n) is 8.40. The fraction of sp³-hybridized carbons (Fsp3) is 0.360. The van der Waals surface area contributed by atoms with Gasteiger partial charge in [0.25, 0.3) is 0 Å². The first-order valence-corrected chi connectivity index (χ1v) is 12.2. The van der Waals surface area contributed by atoms with E-state index in [-0.39, 0.29) is 31.6 Å². The summed E-state index contributed by atoms with van der Waals surface area (Å²) in [4.78, 5) is 51.1. The van der Waals surface area contributed by atoms with Crippen LogP contribution in [0, 0.1) is 0 Å². The fourth-order valence-corrected chi connectivity index (χ4v) is 4.12. The molecule has 0 bridgehead atoms. The number of phenolic OH excluding ortho intramolecular Hbond substituents is 1. The molecule has 194 valence electrons. The number of aromatic hydroxyl groups is 1. The van der Waals surface area contributed by atoms with Crippen molar-refractivity contribution in [1.82, 2.24) is 10.2 Å². The number of nitrogens with two attached hydrogens (primary N) is 3. The quantitative estimate of drug-likeness (QED) is 0.234. The highest BCUT2D eigenvalue weighted by Gasteiger charge is 2.28. The van der Waals surface area contributed by atoms with Crippen molar-refractivity contribution in [3.63, 3.8) is 0 Å². The highest BCUT2D eigenvalue weighted by Crippen LogP contribution is 2.16. The van der Waals surface area contributed by atoms with Gasteiger partial charge in [-0.25, -0.2) is 0 Å². The summed E-state index contributed by atoms with van der Waals surface area (Å²) >= 11 is 3.37. The maximum atomic E-state index is 12.8. The lowest BCUT2D eigenvalue weighted by Crippen LogP contribution is -2.53. The van der Waals surface area contributed by atoms with Crippen LogP contribution in [0.5, 0.6) is 5.75 Å². The van der Waals surface area contributed by atoms with E-state index < -0.39 is 48.2 Å². The van der Waals surface area contributed by atoms with Crippen molar-refractivity contribution in [2.75, 3.05) is 13.1 Å². The Morgan fingerprint density at radius 1 is 1.00 bits per heavy atom. The third-order valence-corrected chi connectivity index (χ3v) is 6.15. The Bertz CT molecular complexity index is 1080. The van der Waals surface area contributed by atoms with E-state index in [0.717, 1.165) is 15.6 Å². The number of ketones is 1. The van der Waals surface area contributed by atoms with Gasteiger partial charge in [0.2, 0.25) is 17.7 Å². The zero-order valence-electron chi connectivity index (χ0n) is 20.0. The van der Waals surface area contributed by atoms with Gasteiger partial charge in [-0.3, -0.25) is 19.2 Å². The summed E-state index contributed by atoms with van der Waals surface area (Å²) in [7, 11) is 0. The molecule has 0 radical (unpaired) electrons. The van der Waals surface area contributed by atoms with E-state index in [0.29, 0.717) is 0 Å². The Hall–Kier alpha value is -3.28. The Morgan fingerprint density at radius 2 is 1.67 bits per heavy atom. The van der Waals surface area contributed by atoms with Crippen LogP contribution in [0.1, 0.15) is 24.5 Å². The molecule has 3 atom stereocenters. The second kappa shape index (κ2) is 13.7. The van der Waals surface area contributed by atoms with Crippen LogP contribution in [0.4, 0.5) is 0 Å². The molecule has 2 rings (SSSR count). The molecule has 0 aliphatic carbocycles. The number of benzene rings is 2. The van der Waals surface area contributed by atoms with Crippen LogP contribution in [0.15, 0.2) is 53.0 Å². The second-order valence-corrected chi connectivity index (χ2v) is 9.32. The van der Waals surface area contributed by atoms with E-state index >= 15 is 0 Å². The number of likely N-dealkylation sites (N-methyl/N-ethyl adjacent to an activating group) is 1. The first kappa shape index (κ1) is 29.0. The minimum absolute atomic E-state index is 0.101. The standard InChI is InChI=1S/C25H32BrN5O5/c1-2-31(21(24(29)35)12-16-4-3-5-17(26)10-16)23(34)14-30-25(36)20(28)13-22(33)19(27)11-15-6-8-18(32)9-7-15/h3-10,19-21,32H,2,11-14,27-28H2,1H3,(H2,29,35)(H,30,36)/t19-,20+,21-/m0/s1. The average Bonchev–Trinajstić information content (AvgIpc) is 2.83. The Balaban J connectivity index is 1.91. The molecule has 0 fully saturated rings. The monoisotopic (exact) mass is 561 g/mol. The molecule has 36 heavy (non-hydrogen) atoms. The van der Waals surface area contributed by atoms with Crippen molar-refractivity contribution in [2.24, 2.45) is 17.2 Å². The molecule has 0 aliphatic rings. The predicted molar refractivity (Wildman–Crippen MR) is 139 cm³/mol. The smallest absolute Gasteiger partial charge is 0.242 e. The van der Waals surface area contributed by atoms with Gasteiger partial charge in [0.15, 0.2) is 5.78 Å². The fourth-order valence-electron chi connectivity index (χ4n) is 3.68. The molecule has 0 spiro atoms. The van der Waals surface area contributed by atoms with Gasteiger partial charge in [0, 0.05) is 23.9 Å². The predicted octanol–water partition coefficient (Wildman–Crippen LogP) is 0.372. The number of carbonyl (C=O) groups excluding carboxylic acids is 4. The van der Waals surface area contributed by atoms with E-state index in [1.807, 2.05) is 24.3 Å². The number of carbonyl (C=O) groups is 4. The molecular weight excluding hydrogens is 530 g/mol. The summed E-state index contributed by atoms with van der Waals surface area (Å²) in [6.45, 7) is 1.50. The summed E-state index contributed by atoms with van der Waals surface area (Å²) in [5.74, 6) is -2.17. The number of nitrogens with one attached hydrogen (secondary N) is 1. The van der Waals surface area contributed by atoms with Gasteiger partial charge >= 0.3 is 0 Å². The van der Waals surface area contributed by atoms with Crippen LogP contribution >= 0.6 is 15.9 Å². The van der Waals surface area contributed by atoms with Crippen molar-refractivity contribution in [3.05, 3.63) is 64.1 Å². The van der Waals surface area contributed by atoms with Crippen molar-refractivity contribution in [2.45, 2.75) is 44.3 Å². The topological polar surface area (TPSA) is 182 Å². The molecule has 3 amide bonds. The molecule has 2 aromatic rings. The summed E-state index contributed by atoms with van der Waals surface area (Å²) in [5.41, 5.74) is 18.9. The molecule has 0 aromatic heterocycles. The third kappa shape index (κ3) is 8.74. The number of phenols is 1. The minimum Gasteiger partial charge on any atom is -0.508 e. The van der Waals surface area contributed by atoms with Crippen LogP contribution in [-0.4, -0.2) is 64.7 Å². The Morgan fingerprint density at radius 3 is 2.25 bits per heavy atom. The molecule has 2 aromatic carbocycles. The maximum absolute atomic E-state index is 12.8. The van der Waals surface area contributed by atoms with Crippen molar-refractivity contribution in [3.8, 4) is 5.75 Å². The highest BCUT2D eigenvalue weighted by molar-refractivity contribution is 9.10. The zero-order chi connectivity index (χ0) is 26.8. The molecule has 11 heteroatoms. The molecule has 0 heterocycles. The van der Waals surface area contributed by atoms with Crippen molar-refractivity contribution in [1.29, 1.82) is 0 Å². The number of halogens is 1. The number of hydrogen-bond donors (Lipinski definition) is 5. The lowest BCUT2D eigenvalue weighted by molar-refractivity contribution is -0.139. The molecule has 0 aliphatic heterocycles. The van der Waals surface area contributed by atoms with Crippen molar-refractivity contribution >= 4 is 39.4 Å². The van der Waals surface area contributed by atoms with Gasteiger partial charge in [-0.15, -0.1) is 0 Å². The number of nitrogens with zero attached hydrogens (tertiary/aromatic N) is 1. The van der Waals surface area contributed by atoms with E-state index in [1.54, 1.807) is 19.1 Å². The van der Waals surface area contributed by atoms with Crippen molar-refractivity contribution < 1.29 is 24.3 Å². The molecule has 0 unspecified atom stereocenters. The van der Waals surface area contributed by atoms with Gasteiger partial charge in [-0.05, 0) is 48.7 Å². The van der Waals surface area contributed by atoms with Crippen LogP contribution in [-0.2, 0) is 32.0 Å². The van der Waals surface area contributed by atoms with Gasteiger partial charge in [0.1, 0.15) is 11.8 Å². The highest BCUT2D eigenvalue weighted by atomic mass is 79.9. The number of amides is 3. The molecule has 0 saturated heterocycles. The van der Waals surface area contributed by atoms with Gasteiger partial charge in [0.05, 0.1) is 18.6 Å². The SMILES string of the molecule is CCN(C(=O)CNC(=O)[C@H](N)CC(=O)[C@@H](N)Cc1ccc(O)cc1)[C@@H](Cc1cccc(Br)c1)C(N)=O. The van der Waals surface area contributed by atoms with Gasteiger partial charge in [-0.2, -0.15) is 0 Å². The summed E-state index contributed by atoms with van der Waals surface area (Å²) < 4.78 is 0.830. The van der Waals surface area contributed by atoms with Gasteiger partial charge < -0.3 is 32.5 Å². The first-order valence-electron chi connectivity index (χ1n) is 11.4. The Labute approximate surface area is 218 Å². The number of Topliss-reactive ketones (excluding diaryl/α,β-unsaturated/α-hetero) is 1. The maximum Gasteiger partial charge on any atom is 0.242 e. The summed E-state index contributed by atoms with van der Waals surface area (Å²) in [5, 5.41) is 11.8. The van der Waals surface area contributed by atoms with E-state index in [4.69, 9.17) is 17.2 Å². The normalized spacial score (nSPS) is 13.3.